The Labute approximate surface area is 177 Å². The quantitative estimate of drug-likeness (QED) is 0.653. The molecule has 1 atom stereocenters. The lowest BCUT2D eigenvalue weighted by atomic mass is 10.0. The highest BCUT2D eigenvalue weighted by molar-refractivity contribution is 6.12. The van der Waals surface area contributed by atoms with Crippen LogP contribution < -0.4 is 24.4 Å². The average molecular weight is 418 g/mol. The number of benzene rings is 3. The van der Waals surface area contributed by atoms with Gasteiger partial charge in [-0.15, -0.1) is 0 Å². The molecule has 0 saturated heterocycles. The second-order valence-electron chi connectivity index (χ2n) is 7.03. The zero-order valence-corrected chi connectivity index (χ0v) is 16.3. The summed E-state index contributed by atoms with van der Waals surface area (Å²) in [4.78, 5) is 26.2. The first-order valence-electron chi connectivity index (χ1n) is 9.64. The molecule has 2 N–H and O–H groups in total. The Balaban J connectivity index is 1.62. The monoisotopic (exact) mass is 418 g/mol. The summed E-state index contributed by atoms with van der Waals surface area (Å²) in [6.45, 7) is -0.360. The van der Waals surface area contributed by atoms with Crippen molar-refractivity contribution in [1.29, 1.82) is 0 Å². The Hall–Kier alpha value is -4.20. The van der Waals surface area contributed by atoms with E-state index in [0.29, 0.717) is 39.8 Å². The van der Waals surface area contributed by atoms with Crippen molar-refractivity contribution in [2.45, 2.75) is 6.17 Å². The van der Waals surface area contributed by atoms with E-state index in [0.717, 1.165) is 0 Å². The second kappa shape index (κ2) is 7.56. The molecular formula is C23H18N2O6. The first-order valence-corrected chi connectivity index (χ1v) is 9.64. The van der Waals surface area contributed by atoms with Crippen molar-refractivity contribution in [3.63, 3.8) is 0 Å². The molecule has 5 rings (SSSR count). The molecule has 1 unspecified atom stereocenters. The van der Waals surface area contributed by atoms with Crippen molar-refractivity contribution < 1.29 is 28.9 Å². The van der Waals surface area contributed by atoms with E-state index in [9.17, 15) is 9.59 Å². The molecule has 2 heterocycles. The lowest BCUT2D eigenvalue weighted by molar-refractivity contribution is -0.139. The van der Waals surface area contributed by atoms with Crippen molar-refractivity contribution >= 4 is 23.3 Å². The molecule has 3 aromatic rings. The highest BCUT2D eigenvalue weighted by Crippen LogP contribution is 2.42. The van der Waals surface area contributed by atoms with Gasteiger partial charge < -0.3 is 24.6 Å². The van der Waals surface area contributed by atoms with Crippen molar-refractivity contribution in [3.05, 3.63) is 77.9 Å². The molecule has 0 aromatic heterocycles. The topological polar surface area (TPSA) is 97.3 Å². The van der Waals surface area contributed by atoms with Crippen molar-refractivity contribution in [3.8, 4) is 17.2 Å². The Morgan fingerprint density at radius 1 is 1.06 bits per heavy atom. The summed E-state index contributed by atoms with van der Waals surface area (Å²) in [5, 5.41) is 12.4. The number of carboxylic acid groups (broad SMARTS) is 1. The van der Waals surface area contributed by atoms with Gasteiger partial charge >= 0.3 is 5.97 Å². The molecule has 0 radical (unpaired) electrons. The first-order chi connectivity index (χ1) is 15.1. The Bertz CT molecular complexity index is 1180. The van der Waals surface area contributed by atoms with Gasteiger partial charge in [-0.3, -0.25) is 9.69 Å². The van der Waals surface area contributed by atoms with E-state index in [1.807, 2.05) is 18.2 Å². The van der Waals surface area contributed by atoms with Crippen LogP contribution in [0.25, 0.3) is 0 Å². The highest BCUT2D eigenvalue weighted by atomic mass is 16.7. The summed E-state index contributed by atoms with van der Waals surface area (Å²) in [6, 6.07) is 19.6. The van der Waals surface area contributed by atoms with E-state index >= 15 is 0 Å². The van der Waals surface area contributed by atoms with Gasteiger partial charge in [-0.1, -0.05) is 30.3 Å². The maximum Gasteiger partial charge on any atom is 0.341 e. The summed E-state index contributed by atoms with van der Waals surface area (Å²) in [7, 11) is 0. The number of hydrogen-bond acceptors (Lipinski definition) is 6. The molecule has 8 nitrogen and oxygen atoms in total. The molecular weight excluding hydrogens is 400 g/mol. The number of carbonyl (C=O) groups is 2. The molecule has 1 amide bonds. The van der Waals surface area contributed by atoms with Gasteiger partial charge in [-0.2, -0.15) is 0 Å². The SMILES string of the molecule is O=C(O)COc1ccccc1C1Nc2ccccc2C(=O)N1c1ccc2c(c1)OCO2. The molecule has 0 spiro atoms. The van der Waals surface area contributed by atoms with Gasteiger partial charge in [0.15, 0.2) is 18.1 Å². The maximum absolute atomic E-state index is 13.6. The number of hydrogen-bond donors (Lipinski definition) is 2. The van der Waals surface area contributed by atoms with Crippen LogP contribution in [0.4, 0.5) is 11.4 Å². The molecule has 0 saturated carbocycles. The number of carbonyl (C=O) groups excluding carboxylic acids is 1. The van der Waals surface area contributed by atoms with Crippen LogP contribution >= 0.6 is 0 Å². The number of nitrogens with one attached hydrogen (secondary N) is 1. The van der Waals surface area contributed by atoms with Crippen molar-refractivity contribution in [1.82, 2.24) is 0 Å². The largest absolute Gasteiger partial charge is 0.481 e. The molecule has 8 heteroatoms. The molecule has 0 aliphatic carbocycles. The third kappa shape index (κ3) is 3.38. The summed E-state index contributed by atoms with van der Waals surface area (Å²) < 4.78 is 16.4. The molecule has 2 aliphatic rings. The zero-order valence-electron chi connectivity index (χ0n) is 16.3. The fraction of sp³-hybridized carbons (Fsp3) is 0.130. The smallest absolute Gasteiger partial charge is 0.341 e. The maximum atomic E-state index is 13.6. The zero-order chi connectivity index (χ0) is 21.4. The predicted molar refractivity (Wildman–Crippen MR) is 112 cm³/mol. The second-order valence-corrected chi connectivity index (χ2v) is 7.03. The lowest BCUT2D eigenvalue weighted by Gasteiger charge is -2.38. The number of anilines is 2. The number of carboxylic acids is 1. The van der Waals surface area contributed by atoms with E-state index in [2.05, 4.69) is 5.32 Å². The van der Waals surface area contributed by atoms with Crippen LogP contribution in [0, 0.1) is 0 Å². The van der Waals surface area contributed by atoms with Crippen LogP contribution in [0.3, 0.4) is 0 Å². The lowest BCUT2D eigenvalue weighted by Crippen LogP contribution is -2.43. The summed E-state index contributed by atoms with van der Waals surface area (Å²) >= 11 is 0. The van der Waals surface area contributed by atoms with E-state index in [1.165, 1.54) is 0 Å². The molecule has 0 fully saturated rings. The van der Waals surface area contributed by atoms with Gasteiger partial charge in [-0.25, -0.2) is 4.79 Å². The molecule has 31 heavy (non-hydrogen) atoms. The number of ether oxygens (including phenoxy) is 3. The minimum absolute atomic E-state index is 0.128. The van der Waals surface area contributed by atoms with E-state index in [1.54, 1.807) is 53.4 Å². The van der Waals surface area contributed by atoms with Crippen molar-refractivity contribution in [2.75, 3.05) is 23.6 Å². The molecule has 156 valence electrons. The molecule has 0 bridgehead atoms. The summed E-state index contributed by atoms with van der Waals surface area (Å²) in [6.07, 6.45) is -0.632. The van der Waals surface area contributed by atoms with Crippen LogP contribution in [0.2, 0.25) is 0 Å². The number of amides is 1. The fourth-order valence-corrected chi connectivity index (χ4v) is 3.75. The van der Waals surface area contributed by atoms with Gasteiger partial charge in [0.2, 0.25) is 6.79 Å². The predicted octanol–water partition coefficient (Wildman–Crippen LogP) is 3.65. The minimum Gasteiger partial charge on any atom is -0.481 e. The third-order valence-corrected chi connectivity index (χ3v) is 5.13. The van der Waals surface area contributed by atoms with Gasteiger partial charge in [0.1, 0.15) is 11.9 Å². The number of rotatable bonds is 5. The van der Waals surface area contributed by atoms with E-state index in [-0.39, 0.29) is 12.7 Å². The Kier molecular flexibility index (Phi) is 4.59. The van der Waals surface area contributed by atoms with Crippen LogP contribution in [-0.4, -0.2) is 30.4 Å². The normalized spacial score (nSPS) is 16.5. The Morgan fingerprint density at radius 2 is 1.84 bits per heavy atom. The molecule has 2 aliphatic heterocycles. The fourth-order valence-electron chi connectivity index (χ4n) is 3.75. The Morgan fingerprint density at radius 3 is 2.71 bits per heavy atom. The highest BCUT2D eigenvalue weighted by Gasteiger charge is 2.36. The van der Waals surface area contributed by atoms with Crippen LogP contribution in [0.1, 0.15) is 22.1 Å². The van der Waals surface area contributed by atoms with Gasteiger partial charge in [0.05, 0.1) is 11.3 Å². The van der Waals surface area contributed by atoms with E-state index in [4.69, 9.17) is 19.3 Å². The number of nitrogens with zero attached hydrogens (tertiary/aromatic N) is 1. The minimum atomic E-state index is -1.08. The van der Waals surface area contributed by atoms with Gasteiger partial charge in [-0.05, 0) is 30.3 Å². The first kappa shape index (κ1) is 18.8. The van der Waals surface area contributed by atoms with Crippen LogP contribution in [0.5, 0.6) is 17.2 Å². The molecule has 3 aromatic carbocycles. The third-order valence-electron chi connectivity index (χ3n) is 5.13. The standard InChI is InChI=1S/C23H18N2O6/c26-21(27)12-29-18-8-4-2-6-16(18)22-24-17-7-3-1-5-15(17)23(28)25(22)14-9-10-19-20(11-14)31-13-30-19/h1-11,22,24H,12-13H2,(H,26,27). The van der Waals surface area contributed by atoms with Crippen LogP contribution in [-0.2, 0) is 4.79 Å². The number of para-hydroxylation sites is 2. The summed E-state index contributed by atoms with van der Waals surface area (Å²) in [5.41, 5.74) is 2.45. The average Bonchev–Trinajstić information content (AvgIpc) is 3.26. The number of aliphatic carboxylic acids is 1. The van der Waals surface area contributed by atoms with Gasteiger partial charge in [0, 0.05) is 17.3 Å². The van der Waals surface area contributed by atoms with E-state index < -0.39 is 18.7 Å². The summed E-state index contributed by atoms with van der Waals surface area (Å²) in [5.74, 6) is 0.258. The number of fused-ring (bicyclic) bond motifs is 2. The van der Waals surface area contributed by atoms with Gasteiger partial charge in [0.25, 0.3) is 5.91 Å². The van der Waals surface area contributed by atoms with Crippen molar-refractivity contribution in [2.24, 2.45) is 0 Å². The van der Waals surface area contributed by atoms with Crippen LogP contribution in [0.15, 0.2) is 66.7 Å².